The van der Waals surface area contributed by atoms with E-state index in [-0.39, 0.29) is 17.7 Å². The molecular formula is C16H12F2N2O5. The molecule has 0 radical (unpaired) electrons. The first-order valence-corrected chi connectivity index (χ1v) is 7.00. The maximum atomic E-state index is 13.2. The Morgan fingerprint density at radius 2 is 1.76 bits per heavy atom. The van der Waals surface area contributed by atoms with Crippen LogP contribution in [0.1, 0.15) is 15.9 Å². The number of non-ortho nitro benzene ring substituents is 1. The Bertz CT molecular complexity index is 824. The van der Waals surface area contributed by atoms with Gasteiger partial charge in [-0.25, -0.2) is 13.6 Å². The summed E-state index contributed by atoms with van der Waals surface area (Å²) in [5, 5.41) is 22.0. The van der Waals surface area contributed by atoms with Gasteiger partial charge >= 0.3 is 5.97 Å². The molecule has 1 atom stereocenters. The van der Waals surface area contributed by atoms with Gasteiger partial charge in [-0.05, 0) is 23.8 Å². The molecule has 1 amide bonds. The number of rotatable bonds is 6. The largest absolute Gasteiger partial charge is 0.480 e. The lowest BCUT2D eigenvalue weighted by molar-refractivity contribution is -0.384. The van der Waals surface area contributed by atoms with Crippen molar-refractivity contribution >= 4 is 17.6 Å². The second kappa shape index (κ2) is 7.47. The summed E-state index contributed by atoms with van der Waals surface area (Å²) in [6, 6.07) is 6.28. The molecule has 2 aromatic rings. The van der Waals surface area contributed by atoms with E-state index in [2.05, 4.69) is 5.32 Å². The number of carboxylic acid groups (broad SMARTS) is 1. The van der Waals surface area contributed by atoms with Crippen molar-refractivity contribution in [3.05, 3.63) is 75.3 Å². The van der Waals surface area contributed by atoms with Crippen molar-refractivity contribution in [2.45, 2.75) is 12.5 Å². The predicted octanol–water partition coefficient (Wildman–Crippen LogP) is 2.30. The zero-order chi connectivity index (χ0) is 18.6. The Hall–Kier alpha value is -3.36. The lowest BCUT2D eigenvalue weighted by atomic mass is 10.0. The molecule has 0 unspecified atom stereocenters. The first-order chi connectivity index (χ1) is 11.8. The van der Waals surface area contributed by atoms with Crippen LogP contribution in [0.5, 0.6) is 0 Å². The number of aliphatic carboxylic acids is 1. The van der Waals surface area contributed by atoms with E-state index in [1.807, 2.05) is 0 Å². The molecule has 130 valence electrons. The highest BCUT2D eigenvalue weighted by atomic mass is 19.2. The van der Waals surface area contributed by atoms with Crippen LogP contribution in [0.3, 0.4) is 0 Å². The number of nitro groups is 1. The summed E-state index contributed by atoms with van der Waals surface area (Å²) >= 11 is 0. The fourth-order valence-electron chi connectivity index (χ4n) is 2.07. The lowest BCUT2D eigenvalue weighted by Gasteiger charge is -2.14. The molecule has 0 aromatic heterocycles. The van der Waals surface area contributed by atoms with Crippen LogP contribution in [0.15, 0.2) is 42.5 Å². The fraction of sp³-hybridized carbons (Fsp3) is 0.125. The van der Waals surface area contributed by atoms with Crippen LogP contribution in [-0.2, 0) is 11.2 Å². The van der Waals surface area contributed by atoms with Crippen LogP contribution in [0.25, 0.3) is 0 Å². The molecule has 0 fully saturated rings. The third-order valence-electron chi connectivity index (χ3n) is 3.37. The highest BCUT2D eigenvalue weighted by Crippen LogP contribution is 2.14. The van der Waals surface area contributed by atoms with Gasteiger partial charge in [0.05, 0.1) is 4.92 Å². The number of hydrogen-bond acceptors (Lipinski definition) is 4. The third kappa shape index (κ3) is 4.56. The minimum Gasteiger partial charge on any atom is -0.480 e. The molecule has 2 N–H and O–H groups in total. The van der Waals surface area contributed by atoms with Crippen LogP contribution in [0, 0.1) is 21.7 Å². The number of nitrogens with one attached hydrogen (secondary N) is 1. The molecular weight excluding hydrogens is 338 g/mol. The number of carbonyl (C=O) groups is 2. The van der Waals surface area contributed by atoms with Crippen LogP contribution < -0.4 is 5.32 Å². The summed E-state index contributed by atoms with van der Waals surface area (Å²) < 4.78 is 26.0. The molecule has 2 rings (SSSR count). The monoisotopic (exact) mass is 350 g/mol. The van der Waals surface area contributed by atoms with Gasteiger partial charge in [-0.3, -0.25) is 14.9 Å². The Labute approximate surface area is 140 Å². The van der Waals surface area contributed by atoms with Gasteiger partial charge in [-0.1, -0.05) is 12.1 Å². The fourth-order valence-corrected chi connectivity index (χ4v) is 2.07. The first kappa shape index (κ1) is 18.0. The molecule has 0 aliphatic rings. The summed E-state index contributed by atoms with van der Waals surface area (Å²) in [7, 11) is 0. The average molecular weight is 350 g/mol. The summed E-state index contributed by atoms with van der Waals surface area (Å²) in [6.45, 7) is 0. The molecule has 0 spiro atoms. The maximum absolute atomic E-state index is 13.2. The second-order valence-electron chi connectivity index (χ2n) is 5.12. The van der Waals surface area contributed by atoms with Crippen molar-refractivity contribution in [2.24, 2.45) is 0 Å². The van der Waals surface area contributed by atoms with E-state index >= 15 is 0 Å². The number of benzene rings is 2. The van der Waals surface area contributed by atoms with Crippen LogP contribution >= 0.6 is 0 Å². The van der Waals surface area contributed by atoms with Crippen molar-refractivity contribution in [1.82, 2.24) is 5.32 Å². The molecule has 0 aliphatic heterocycles. The molecule has 0 aliphatic carbocycles. The summed E-state index contributed by atoms with van der Waals surface area (Å²) in [6.07, 6.45) is -0.136. The molecule has 0 bridgehead atoms. The van der Waals surface area contributed by atoms with Crippen molar-refractivity contribution in [3.63, 3.8) is 0 Å². The molecule has 7 nitrogen and oxygen atoms in total. The number of carboxylic acids is 1. The lowest BCUT2D eigenvalue weighted by Crippen LogP contribution is -2.42. The summed E-state index contributed by atoms with van der Waals surface area (Å²) in [5.74, 6) is -4.57. The van der Waals surface area contributed by atoms with E-state index in [1.165, 1.54) is 24.3 Å². The zero-order valence-corrected chi connectivity index (χ0v) is 12.6. The average Bonchev–Trinajstić information content (AvgIpc) is 2.57. The highest BCUT2D eigenvalue weighted by Gasteiger charge is 2.22. The third-order valence-corrected chi connectivity index (χ3v) is 3.37. The van der Waals surface area contributed by atoms with Crippen molar-refractivity contribution in [3.8, 4) is 0 Å². The van der Waals surface area contributed by atoms with E-state index < -0.39 is 34.5 Å². The van der Waals surface area contributed by atoms with E-state index in [4.69, 9.17) is 0 Å². The Morgan fingerprint density at radius 3 is 2.28 bits per heavy atom. The molecule has 0 saturated heterocycles. The summed E-state index contributed by atoms with van der Waals surface area (Å²) in [5.41, 5.74) is 0.0684. The number of hydrogen-bond donors (Lipinski definition) is 2. The van der Waals surface area contributed by atoms with Gasteiger partial charge in [-0.15, -0.1) is 0 Å². The van der Waals surface area contributed by atoms with Crippen LogP contribution in [0.4, 0.5) is 14.5 Å². The van der Waals surface area contributed by atoms with Gasteiger partial charge in [0.1, 0.15) is 6.04 Å². The standard InChI is InChI=1S/C16H12F2N2O5/c17-12-6-3-10(8-13(12)18)15(21)19-14(16(22)23)7-9-1-4-11(5-2-9)20(24)25/h1-6,8,14H,7H2,(H,19,21)(H,22,23)/t14-/m1/s1. The van der Waals surface area contributed by atoms with Crippen molar-refractivity contribution < 1.29 is 28.4 Å². The van der Waals surface area contributed by atoms with E-state index in [1.54, 1.807) is 0 Å². The zero-order valence-electron chi connectivity index (χ0n) is 12.6. The van der Waals surface area contributed by atoms with Crippen molar-refractivity contribution in [2.75, 3.05) is 0 Å². The predicted molar refractivity (Wildman–Crippen MR) is 82.0 cm³/mol. The normalized spacial score (nSPS) is 11.6. The number of amides is 1. The Kier molecular flexibility index (Phi) is 5.38. The first-order valence-electron chi connectivity index (χ1n) is 7.00. The second-order valence-corrected chi connectivity index (χ2v) is 5.12. The van der Waals surface area contributed by atoms with Gasteiger partial charge in [0.25, 0.3) is 11.6 Å². The Morgan fingerprint density at radius 1 is 1.12 bits per heavy atom. The van der Waals surface area contributed by atoms with E-state index in [9.17, 15) is 33.6 Å². The number of carbonyl (C=O) groups excluding carboxylic acids is 1. The highest BCUT2D eigenvalue weighted by molar-refractivity contribution is 5.96. The summed E-state index contributed by atoms with van der Waals surface area (Å²) in [4.78, 5) is 33.3. The van der Waals surface area contributed by atoms with Crippen LogP contribution in [0.2, 0.25) is 0 Å². The van der Waals surface area contributed by atoms with E-state index in [0.717, 1.165) is 12.1 Å². The minimum absolute atomic E-state index is 0.136. The number of halogens is 2. The van der Waals surface area contributed by atoms with Gasteiger partial charge in [0, 0.05) is 24.1 Å². The van der Waals surface area contributed by atoms with Gasteiger partial charge in [-0.2, -0.15) is 0 Å². The van der Waals surface area contributed by atoms with Gasteiger partial charge in [0.2, 0.25) is 0 Å². The molecule has 0 heterocycles. The van der Waals surface area contributed by atoms with Gasteiger partial charge < -0.3 is 10.4 Å². The molecule has 2 aromatic carbocycles. The quantitative estimate of drug-likeness (QED) is 0.614. The topological polar surface area (TPSA) is 110 Å². The van der Waals surface area contributed by atoms with Crippen LogP contribution in [-0.4, -0.2) is 27.9 Å². The van der Waals surface area contributed by atoms with E-state index in [0.29, 0.717) is 11.6 Å². The number of nitro benzene ring substituents is 1. The van der Waals surface area contributed by atoms with Gasteiger partial charge in [0.15, 0.2) is 11.6 Å². The molecule has 0 saturated carbocycles. The van der Waals surface area contributed by atoms with Crippen molar-refractivity contribution in [1.29, 1.82) is 0 Å². The smallest absolute Gasteiger partial charge is 0.326 e. The Balaban J connectivity index is 2.12. The molecule has 25 heavy (non-hydrogen) atoms. The SMILES string of the molecule is O=C(N[C@H](Cc1ccc([N+](=O)[O-])cc1)C(=O)O)c1ccc(F)c(F)c1. The maximum Gasteiger partial charge on any atom is 0.326 e. The molecule has 9 heteroatoms. The number of nitrogens with zero attached hydrogens (tertiary/aromatic N) is 1. The minimum atomic E-state index is -1.35.